The van der Waals surface area contributed by atoms with E-state index in [0.717, 1.165) is 12.7 Å². The monoisotopic (exact) mass is 297 g/mol. The van der Waals surface area contributed by atoms with Gasteiger partial charge in [-0.3, -0.25) is 4.79 Å². The molecule has 0 saturated carbocycles. The lowest BCUT2D eigenvalue weighted by molar-refractivity contribution is -0.0817. The molecule has 118 valence electrons. The number of anilines is 1. The van der Waals surface area contributed by atoms with E-state index < -0.39 is 0 Å². The number of nitrogens with zero attached hydrogens (tertiary/aromatic N) is 1. The third-order valence-corrected chi connectivity index (χ3v) is 2.64. The van der Waals surface area contributed by atoms with Crippen molar-refractivity contribution in [3.63, 3.8) is 0 Å². The van der Waals surface area contributed by atoms with Crippen LogP contribution in [0.5, 0.6) is 5.75 Å². The van der Waals surface area contributed by atoms with Gasteiger partial charge < -0.3 is 9.84 Å². The minimum Gasteiger partial charge on any atom is -0.493 e. The van der Waals surface area contributed by atoms with E-state index in [1.54, 1.807) is 18.2 Å². The molecule has 0 aliphatic carbocycles. The van der Waals surface area contributed by atoms with Crippen LogP contribution in [-0.2, 0) is 9.68 Å². The lowest BCUT2D eigenvalue weighted by atomic mass is 10.2. The number of ether oxygens (including phenoxy) is 1. The van der Waals surface area contributed by atoms with E-state index in [1.807, 2.05) is 13.8 Å². The maximum absolute atomic E-state index is 11.1. The van der Waals surface area contributed by atoms with E-state index in [-0.39, 0.29) is 6.61 Å². The lowest BCUT2D eigenvalue weighted by Crippen LogP contribution is -2.24. The van der Waals surface area contributed by atoms with Gasteiger partial charge in [-0.1, -0.05) is 0 Å². The standard InChI is InChI=1S/C15H23NO5/c1-3-20-16(21-4-2)14-8-7-13(12-18)15(11-14)19-10-6-5-9-17/h7-8,11-12,17H,3-6,9-10H2,1-2H3. The molecule has 0 aliphatic rings. The number of benzene rings is 1. The zero-order valence-electron chi connectivity index (χ0n) is 12.6. The van der Waals surface area contributed by atoms with Crippen molar-refractivity contribution >= 4 is 12.0 Å². The molecule has 0 unspecified atom stereocenters. The number of hydrogen-bond acceptors (Lipinski definition) is 6. The van der Waals surface area contributed by atoms with E-state index >= 15 is 0 Å². The minimum atomic E-state index is 0.131. The van der Waals surface area contributed by atoms with Crippen LogP contribution in [0, 0.1) is 0 Å². The molecule has 1 N–H and O–H groups in total. The molecule has 0 aromatic heterocycles. The van der Waals surface area contributed by atoms with Crippen molar-refractivity contribution in [1.82, 2.24) is 0 Å². The van der Waals surface area contributed by atoms with Gasteiger partial charge in [0.15, 0.2) is 6.29 Å². The van der Waals surface area contributed by atoms with E-state index in [2.05, 4.69) is 0 Å². The molecule has 0 fully saturated rings. The molecule has 0 spiro atoms. The molecular weight excluding hydrogens is 274 g/mol. The molecular formula is C15H23NO5. The number of rotatable bonds is 11. The van der Waals surface area contributed by atoms with Crippen molar-refractivity contribution in [2.45, 2.75) is 26.7 Å². The van der Waals surface area contributed by atoms with Crippen LogP contribution >= 0.6 is 0 Å². The summed E-state index contributed by atoms with van der Waals surface area (Å²) in [7, 11) is 0. The number of hydrogen-bond donors (Lipinski definition) is 1. The topological polar surface area (TPSA) is 68.2 Å². The van der Waals surface area contributed by atoms with Gasteiger partial charge in [-0.05, 0) is 38.8 Å². The first kappa shape index (κ1) is 17.4. The Balaban J connectivity index is 2.83. The van der Waals surface area contributed by atoms with Crippen LogP contribution in [-0.4, -0.2) is 37.8 Å². The molecule has 6 heteroatoms. The third-order valence-electron chi connectivity index (χ3n) is 2.64. The maximum Gasteiger partial charge on any atom is 0.153 e. The maximum atomic E-state index is 11.1. The number of carbonyl (C=O) groups is 1. The summed E-state index contributed by atoms with van der Waals surface area (Å²) >= 11 is 0. The first-order valence-electron chi connectivity index (χ1n) is 7.15. The fourth-order valence-electron chi connectivity index (χ4n) is 1.68. The predicted octanol–water partition coefficient (Wildman–Crippen LogP) is 2.36. The van der Waals surface area contributed by atoms with Gasteiger partial charge in [-0.25, -0.2) is 9.68 Å². The highest BCUT2D eigenvalue weighted by Crippen LogP contribution is 2.25. The number of carbonyl (C=O) groups excluding carboxylic acids is 1. The van der Waals surface area contributed by atoms with Crippen LogP contribution in [0.2, 0.25) is 0 Å². The van der Waals surface area contributed by atoms with E-state index in [4.69, 9.17) is 19.5 Å². The Bertz CT molecular complexity index is 419. The Kier molecular flexibility index (Phi) is 8.42. The van der Waals surface area contributed by atoms with Gasteiger partial charge >= 0.3 is 0 Å². The van der Waals surface area contributed by atoms with Crippen LogP contribution < -0.4 is 9.96 Å². The Labute approximate surface area is 125 Å². The van der Waals surface area contributed by atoms with Gasteiger partial charge in [0.2, 0.25) is 0 Å². The number of aldehydes is 1. The first-order chi connectivity index (χ1) is 10.3. The fraction of sp³-hybridized carbons (Fsp3) is 0.533. The van der Waals surface area contributed by atoms with E-state index in [1.165, 1.54) is 5.23 Å². The van der Waals surface area contributed by atoms with Crippen molar-refractivity contribution in [1.29, 1.82) is 0 Å². The average molecular weight is 297 g/mol. The molecule has 6 nitrogen and oxygen atoms in total. The summed E-state index contributed by atoms with van der Waals surface area (Å²) in [6.45, 7) is 5.21. The Morgan fingerprint density at radius 1 is 1.19 bits per heavy atom. The molecule has 1 aromatic carbocycles. The fourth-order valence-corrected chi connectivity index (χ4v) is 1.68. The van der Waals surface area contributed by atoms with Gasteiger partial charge in [0, 0.05) is 12.7 Å². The molecule has 0 atom stereocenters. The smallest absolute Gasteiger partial charge is 0.153 e. The van der Waals surface area contributed by atoms with Crippen LogP contribution in [0.4, 0.5) is 5.69 Å². The summed E-state index contributed by atoms with van der Waals surface area (Å²) < 4.78 is 5.60. The highest BCUT2D eigenvalue weighted by Gasteiger charge is 2.11. The van der Waals surface area contributed by atoms with Crippen LogP contribution in [0.3, 0.4) is 0 Å². The Hall–Kier alpha value is -1.63. The highest BCUT2D eigenvalue weighted by molar-refractivity contribution is 5.80. The van der Waals surface area contributed by atoms with E-state index in [9.17, 15) is 4.79 Å². The molecule has 0 heterocycles. The third kappa shape index (κ3) is 5.71. The number of aliphatic hydroxyl groups is 1. The van der Waals surface area contributed by atoms with Gasteiger partial charge in [0.1, 0.15) is 5.75 Å². The number of unbranched alkanes of at least 4 members (excludes halogenated alkanes) is 1. The average Bonchev–Trinajstić information content (AvgIpc) is 2.51. The summed E-state index contributed by atoms with van der Waals surface area (Å²) in [5.74, 6) is 0.477. The molecule has 1 aromatic rings. The second kappa shape index (κ2) is 10.1. The van der Waals surface area contributed by atoms with Crippen molar-refractivity contribution < 1.29 is 24.3 Å². The summed E-state index contributed by atoms with van der Waals surface area (Å²) in [5.41, 5.74) is 1.12. The van der Waals surface area contributed by atoms with Gasteiger partial charge in [-0.15, -0.1) is 5.23 Å². The summed E-state index contributed by atoms with van der Waals surface area (Å²) in [6.07, 6.45) is 2.14. The summed E-state index contributed by atoms with van der Waals surface area (Å²) in [5, 5.41) is 10.1. The molecule has 0 aliphatic heterocycles. The second-order valence-corrected chi connectivity index (χ2v) is 4.21. The molecule has 0 radical (unpaired) electrons. The van der Waals surface area contributed by atoms with Crippen LogP contribution in [0.1, 0.15) is 37.0 Å². The second-order valence-electron chi connectivity index (χ2n) is 4.21. The quantitative estimate of drug-likeness (QED) is 0.384. The van der Waals surface area contributed by atoms with Gasteiger partial charge in [-0.2, -0.15) is 0 Å². The number of aliphatic hydroxyl groups excluding tert-OH is 1. The van der Waals surface area contributed by atoms with Crippen LogP contribution in [0.15, 0.2) is 18.2 Å². The van der Waals surface area contributed by atoms with Gasteiger partial charge in [0.25, 0.3) is 0 Å². The first-order valence-corrected chi connectivity index (χ1v) is 7.15. The normalized spacial score (nSPS) is 10.4. The molecule has 0 bridgehead atoms. The molecule has 1 rings (SSSR count). The lowest BCUT2D eigenvalue weighted by Gasteiger charge is -2.22. The molecule has 0 amide bonds. The highest BCUT2D eigenvalue weighted by atomic mass is 16.9. The van der Waals surface area contributed by atoms with Crippen LogP contribution in [0.25, 0.3) is 0 Å². The van der Waals surface area contributed by atoms with Crippen molar-refractivity contribution in [3.8, 4) is 5.75 Å². The Morgan fingerprint density at radius 2 is 1.90 bits per heavy atom. The van der Waals surface area contributed by atoms with E-state index in [0.29, 0.717) is 43.2 Å². The van der Waals surface area contributed by atoms with Crippen molar-refractivity contribution in [3.05, 3.63) is 23.8 Å². The summed E-state index contributed by atoms with van der Waals surface area (Å²) in [6, 6.07) is 5.10. The zero-order valence-corrected chi connectivity index (χ0v) is 12.6. The Morgan fingerprint density at radius 3 is 2.48 bits per heavy atom. The minimum absolute atomic E-state index is 0.131. The van der Waals surface area contributed by atoms with Crippen molar-refractivity contribution in [2.24, 2.45) is 0 Å². The van der Waals surface area contributed by atoms with Crippen molar-refractivity contribution in [2.75, 3.05) is 31.7 Å². The summed E-state index contributed by atoms with van der Waals surface area (Å²) in [4.78, 5) is 21.8. The zero-order chi connectivity index (χ0) is 15.5. The van der Waals surface area contributed by atoms with Gasteiger partial charge in [0.05, 0.1) is 31.1 Å². The SMILES string of the molecule is CCON(OCC)c1ccc(C=O)c(OCCCCO)c1. The predicted molar refractivity (Wildman–Crippen MR) is 79.4 cm³/mol. The largest absolute Gasteiger partial charge is 0.493 e. The molecule has 21 heavy (non-hydrogen) atoms. The molecule has 0 saturated heterocycles.